The molecule has 0 aliphatic heterocycles. The Morgan fingerprint density at radius 2 is 1.86 bits per heavy atom. The summed E-state index contributed by atoms with van der Waals surface area (Å²) in [6.45, 7) is 4.75. The lowest BCUT2D eigenvalue weighted by Gasteiger charge is -2.57. The minimum atomic E-state index is -1.70. The van der Waals surface area contributed by atoms with Gasteiger partial charge in [0.25, 0.3) is 0 Å². The lowest BCUT2D eigenvalue weighted by atomic mass is 9.48. The third-order valence-electron chi connectivity index (χ3n) is 7.56. The number of fused-ring (bicyclic) bond motifs is 5. The van der Waals surface area contributed by atoms with Gasteiger partial charge in [0.15, 0.2) is 5.79 Å². The van der Waals surface area contributed by atoms with Crippen molar-refractivity contribution in [3.63, 3.8) is 0 Å². The van der Waals surface area contributed by atoms with Crippen LogP contribution in [0.25, 0.3) is 0 Å². The molecule has 0 radical (unpaired) electrons. The normalized spacial score (nSPS) is 52.5. The van der Waals surface area contributed by atoms with E-state index in [9.17, 15) is 10.2 Å². The first-order chi connectivity index (χ1) is 10.3. The first-order valence-electron chi connectivity index (χ1n) is 8.87. The Kier molecular flexibility index (Phi) is 3.03. The molecule has 2 saturated carbocycles. The largest absolute Gasteiger partial charge is 0.362 e. The Morgan fingerprint density at radius 3 is 2.64 bits per heavy atom. The van der Waals surface area contributed by atoms with Crippen molar-refractivity contribution in [2.75, 3.05) is 0 Å². The van der Waals surface area contributed by atoms with E-state index in [-0.39, 0.29) is 11.5 Å². The molecule has 4 aliphatic carbocycles. The molecule has 2 fully saturated rings. The molecule has 4 rings (SSSR count). The average molecular weight is 303 g/mol. The summed E-state index contributed by atoms with van der Waals surface area (Å²) >= 11 is 0. The fraction of sp³-hybridized carbons (Fsp3) is 0.789. The second kappa shape index (κ2) is 4.46. The highest BCUT2D eigenvalue weighted by atomic mass is 16.5. The fourth-order valence-electron chi connectivity index (χ4n) is 6.31. The monoisotopic (exact) mass is 303 g/mol. The third-order valence-corrected chi connectivity index (χ3v) is 7.56. The maximum Gasteiger partial charge on any atom is 0.186 e. The molecule has 122 valence electrons. The summed E-state index contributed by atoms with van der Waals surface area (Å²) < 4.78 is 0. The molecule has 0 unspecified atom stereocenters. The van der Waals surface area contributed by atoms with Crippen molar-refractivity contribution in [3.05, 3.63) is 23.8 Å². The number of hydrogen-bond donors (Lipinski definition) is 3. The quantitative estimate of drug-likeness (QED) is 0.476. The van der Waals surface area contributed by atoms with Gasteiger partial charge in [-0.15, -0.1) is 0 Å². The second-order valence-electron chi connectivity index (χ2n) is 8.82. The van der Waals surface area contributed by atoms with Gasteiger partial charge < -0.3 is 15.9 Å². The summed E-state index contributed by atoms with van der Waals surface area (Å²) in [5.41, 5.74) is 8.17. The molecule has 6 atom stereocenters. The van der Waals surface area contributed by atoms with Crippen molar-refractivity contribution in [1.29, 1.82) is 0 Å². The zero-order valence-corrected chi connectivity index (χ0v) is 13.8. The van der Waals surface area contributed by atoms with E-state index in [1.54, 1.807) is 6.08 Å². The molecule has 3 nitrogen and oxygen atoms in total. The molecule has 0 saturated heterocycles. The first kappa shape index (κ1) is 14.9. The number of hydrogen-bond acceptors (Lipinski definition) is 3. The SMILES string of the molecule is C[C@@]12CCC[C@H]1[C@@H]1[C@@H](N)C=C3CC(O)(O)C=C[C@]3(C)[C@H]1CC2. The standard InChI is InChI=1S/C19H29NO2/c1-17-6-3-4-13(17)16-14(5-7-17)18(2)8-9-19(21,22)11-12(18)10-15(16)20/h8-10,13-16,21-22H,3-7,11,20H2,1-2H3/t13-,14-,15-,16-,17-,18-/m0/s1. The van der Waals surface area contributed by atoms with Crippen LogP contribution in [0.2, 0.25) is 0 Å². The highest BCUT2D eigenvalue weighted by Crippen LogP contribution is 2.63. The molecule has 0 aromatic carbocycles. The van der Waals surface area contributed by atoms with Crippen molar-refractivity contribution >= 4 is 0 Å². The topological polar surface area (TPSA) is 66.5 Å². The van der Waals surface area contributed by atoms with Crippen molar-refractivity contribution in [2.24, 2.45) is 34.3 Å². The van der Waals surface area contributed by atoms with Crippen molar-refractivity contribution in [2.45, 2.75) is 64.2 Å². The molecular formula is C19H29NO2. The summed E-state index contributed by atoms with van der Waals surface area (Å²) in [6, 6.07) is 0.0677. The van der Waals surface area contributed by atoms with Gasteiger partial charge >= 0.3 is 0 Å². The Labute approximate surface area is 133 Å². The predicted octanol–water partition coefficient (Wildman–Crippen LogP) is 2.73. The first-order valence-corrected chi connectivity index (χ1v) is 8.87. The lowest BCUT2D eigenvalue weighted by Crippen LogP contribution is -2.55. The van der Waals surface area contributed by atoms with Gasteiger partial charge in [-0.3, -0.25) is 0 Å². The van der Waals surface area contributed by atoms with Gasteiger partial charge in [-0.2, -0.15) is 0 Å². The van der Waals surface area contributed by atoms with Crippen molar-refractivity contribution in [3.8, 4) is 0 Å². The molecule has 0 aromatic rings. The molecule has 3 heteroatoms. The summed E-state index contributed by atoms with van der Waals surface area (Å²) in [6.07, 6.45) is 12.7. The van der Waals surface area contributed by atoms with Crippen molar-refractivity contribution in [1.82, 2.24) is 0 Å². The third kappa shape index (κ3) is 1.92. The van der Waals surface area contributed by atoms with Crippen LogP contribution in [-0.4, -0.2) is 22.0 Å². The van der Waals surface area contributed by atoms with Crippen LogP contribution >= 0.6 is 0 Å². The summed E-state index contributed by atoms with van der Waals surface area (Å²) in [5.74, 6) is 0.129. The van der Waals surface area contributed by atoms with Crippen LogP contribution in [0.5, 0.6) is 0 Å². The van der Waals surface area contributed by atoms with Gasteiger partial charge in [0.1, 0.15) is 0 Å². The van der Waals surface area contributed by atoms with Crippen LogP contribution in [-0.2, 0) is 0 Å². The van der Waals surface area contributed by atoms with Crippen molar-refractivity contribution < 1.29 is 10.2 Å². The predicted molar refractivity (Wildman–Crippen MR) is 86.8 cm³/mol. The Morgan fingerprint density at radius 1 is 1.09 bits per heavy atom. The van der Waals surface area contributed by atoms with Gasteiger partial charge in [-0.25, -0.2) is 0 Å². The average Bonchev–Trinajstić information content (AvgIpc) is 2.82. The molecule has 22 heavy (non-hydrogen) atoms. The highest BCUT2D eigenvalue weighted by Gasteiger charge is 2.57. The van der Waals surface area contributed by atoms with E-state index in [2.05, 4.69) is 26.0 Å². The molecule has 0 heterocycles. The molecule has 0 spiro atoms. The molecule has 0 aromatic heterocycles. The van der Waals surface area contributed by atoms with E-state index < -0.39 is 5.79 Å². The fourth-order valence-corrected chi connectivity index (χ4v) is 6.31. The minimum absolute atomic E-state index is 0.0422. The van der Waals surface area contributed by atoms with E-state index >= 15 is 0 Å². The molecule has 4 aliphatic rings. The Hall–Kier alpha value is -0.640. The van der Waals surface area contributed by atoms with Crippen LogP contribution in [0.4, 0.5) is 0 Å². The molecule has 0 amide bonds. The second-order valence-corrected chi connectivity index (χ2v) is 8.82. The van der Waals surface area contributed by atoms with E-state index in [4.69, 9.17) is 5.73 Å². The van der Waals surface area contributed by atoms with E-state index in [1.807, 2.05) is 0 Å². The smallest absolute Gasteiger partial charge is 0.186 e. The zero-order chi connectivity index (χ0) is 15.8. The zero-order valence-electron chi connectivity index (χ0n) is 13.8. The molecule has 4 N–H and O–H groups in total. The van der Waals surface area contributed by atoms with Gasteiger partial charge in [0.2, 0.25) is 0 Å². The Balaban J connectivity index is 1.77. The number of nitrogens with two attached hydrogens (primary N) is 1. The summed E-state index contributed by atoms with van der Waals surface area (Å²) in [5, 5.41) is 20.0. The highest BCUT2D eigenvalue weighted by molar-refractivity contribution is 5.35. The van der Waals surface area contributed by atoms with Crippen LogP contribution in [0, 0.1) is 28.6 Å². The van der Waals surface area contributed by atoms with Gasteiger partial charge in [0.05, 0.1) is 0 Å². The van der Waals surface area contributed by atoms with E-state index in [0.717, 1.165) is 11.5 Å². The number of rotatable bonds is 0. The molecule has 0 bridgehead atoms. The van der Waals surface area contributed by atoms with E-state index in [1.165, 1.54) is 32.1 Å². The lowest BCUT2D eigenvalue weighted by molar-refractivity contribution is -0.127. The number of allylic oxidation sites excluding steroid dienone is 1. The summed E-state index contributed by atoms with van der Waals surface area (Å²) in [4.78, 5) is 0. The summed E-state index contributed by atoms with van der Waals surface area (Å²) in [7, 11) is 0. The maximum absolute atomic E-state index is 9.99. The Bertz CT molecular complexity index is 552. The minimum Gasteiger partial charge on any atom is -0.362 e. The van der Waals surface area contributed by atoms with Crippen LogP contribution in [0.15, 0.2) is 23.8 Å². The number of aliphatic hydroxyl groups is 2. The van der Waals surface area contributed by atoms with Crippen LogP contribution in [0.1, 0.15) is 52.4 Å². The maximum atomic E-state index is 9.99. The van der Waals surface area contributed by atoms with Gasteiger partial charge in [-0.1, -0.05) is 38.0 Å². The molecular weight excluding hydrogens is 274 g/mol. The van der Waals surface area contributed by atoms with Gasteiger partial charge in [-0.05, 0) is 54.9 Å². The van der Waals surface area contributed by atoms with Crippen LogP contribution < -0.4 is 5.73 Å². The van der Waals surface area contributed by atoms with Crippen LogP contribution in [0.3, 0.4) is 0 Å². The van der Waals surface area contributed by atoms with E-state index in [0.29, 0.717) is 23.7 Å². The van der Waals surface area contributed by atoms with Gasteiger partial charge in [0, 0.05) is 17.9 Å².